The molecule has 1 N–H and O–H groups in total. The predicted octanol–water partition coefficient (Wildman–Crippen LogP) is 5.30. The zero-order chi connectivity index (χ0) is 23.7. The lowest BCUT2D eigenvalue weighted by Gasteiger charge is -2.34. The Balaban J connectivity index is 2.09. The lowest BCUT2D eigenvalue weighted by Crippen LogP contribution is -2.47. The SMILES string of the molecule is CC(C)C1(Oc2cc(C(=O)OCCC(F)(F)C(F)(F)S(=O)(=O)O)ccc2I)CCCC1. The maximum atomic E-state index is 13.5. The third-order valence-corrected chi connectivity index (χ3v) is 7.22. The number of benzene rings is 1. The summed E-state index contributed by atoms with van der Waals surface area (Å²) in [5.74, 6) is -5.55. The second kappa shape index (κ2) is 9.38. The van der Waals surface area contributed by atoms with Crippen molar-refractivity contribution >= 4 is 38.7 Å². The third kappa shape index (κ3) is 5.62. The van der Waals surface area contributed by atoms with E-state index in [0.717, 1.165) is 29.3 Å². The van der Waals surface area contributed by atoms with Crippen LogP contribution in [0.2, 0.25) is 0 Å². The van der Waals surface area contributed by atoms with Crippen molar-refractivity contribution in [2.75, 3.05) is 6.61 Å². The molecule has 1 aliphatic carbocycles. The first-order chi connectivity index (χ1) is 14.1. The molecule has 1 aromatic rings. The van der Waals surface area contributed by atoms with Crippen LogP contribution in [0.5, 0.6) is 5.75 Å². The predicted molar refractivity (Wildman–Crippen MR) is 112 cm³/mol. The molecule has 0 heterocycles. The second-order valence-electron chi connectivity index (χ2n) is 7.76. The maximum absolute atomic E-state index is 13.5. The van der Waals surface area contributed by atoms with Gasteiger partial charge in [-0.2, -0.15) is 26.0 Å². The Labute approximate surface area is 191 Å². The van der Waals surface area contributed by atoms with E-state index in [4.69, 9.17) is 9.29 Å². The average Bonchev–Trinajstić information content (AvgIpc) is 3.12. The first-order valence-electron chi connectivity index (χ1n) is 9.51. The molecule has 0 unspecified atom stereocenters. The molecular formula is C19H23F4IO6S. The van der Waals surface area contributed by atoms with E-state index in [1.807, 2.05) is 36.4 Å². The summed E-state index contributed by atoms with van der Waals surface area (Å²) in [7, 11) is -6.34. The number of hydrogen-bond donors (Lipinski definition) is 1. The van der Waals surface area contributed by atoms with Gasteiger partial charge < -0.3 is 9.47 Å². The van der Waals surface area contributed by atoms with E-state index in [2.05, 4.69) is 4.74 Å². The van der Waals surface area contributed by atoms with Crippen LogP contribution in [0.4, 0.5) is 17.6 Å². The number of hydrogen-bond acceptors (Lipinski definition) is 5. The van der Waals surface area contributed by atoms with Gasteiger partial charge in [-0.05, 0) is 72.4 Å². The van der Waals surface area contributed by atoms with Crippen LogP contribution in [-0.4, -0.2) is 42.3 Å². The number of rotatable bonds is 9. The third-order valence-electron chi connectivity index (χ3n) is 5.38. The summed E-state index contributed by atoms with van der Waals surface area (Å²) >= 11 is 2.03. The molecule has 0 aliphatic heterocycles. The molecule has 0 atom stereocenters. The number of carbonyl (C=O) groups is 1. The van der Waals surface area contributed by atoms with Crippen LogP contribution in [0.25, 0.3) is 0 Å². The molecule has 0 amide bonds. The topological polar surface area (TPSA) is 89.9 Å². The highest BCUT2D eigenvalue weighted by molar-refractivity contribution is 14.1. The summed E-state index contributed by atoms with van der Waals surface area (Å²) in [5, 5.41) is -5.71. The molecule has 6 nitrogen and oxygen atoms in total. The molecule has 0 radical (unpaired) electrons. The molecule has 0 bridgehead atoms. The number of esters is 1. The average molecular weight is 582 g/mol. The molecule has 0 saturated heterocycles. The first-order valence-corrected chi connectivity index (χ1v) is 12.0. The Morgan fingerprint density at radius 2 is 1.81 bits per heavy atom. The van der Waals surface area contributed by atoms with Crippen LogP contribution < -0.4 is 4.74 Å². The van der Waals surface area contributed by atoms with Gasteiger partial charge in [0.15, 0.2) is 0 Å². The Hall–Kier alpha value is -1.15. The Morgan fingerprint density at radius 3 is 2.32 bits per heavy atom. The minimum absolute atomic E-state index is 0.0304. The van der Waals surface area contributed by atoms with Crippen molar-refractivity contribution in [3.63, 3.8) is 0 Å². The van der Waals surface area contributed by atoms with Crippen molar-refractivity contribution in [1.29, 1.82) is 0 Å². The van der Waals surface area contributed by atoms with Gasteiger partial charge in [0.25, 0.3) is 0 Å². The number of alkyl halides is 4. The molecule has 12 heteroatoms. The van der Waals surface area contributed by atoms with Crippen LogP contribution in [0, 0.1) is 9.49 Å². The van der Waals surface area contributed by atoms with Gasteiger partial charge in [-0.25, -0.2) is 4.79 Å². The molecule has 2 rings (SSSR count). The van der Waals surface area contributed by atoms with Gasteiger partial charge in [0.05, 0.1) is 22.2 Å². The van der Waals surface area contributed by atoms with Gasteiger partial charge in [-0.15, -0.1) is 0 Å². The maximum Gasteiger partial charge on any atom is 0.431 e. The highest BCUT2D eigenvalue weighted by Gasteiger charge is 2.65. The van der Waals surface area contributed by atoms with Crippen molar-refractivity contribution in [1.82, 2.24) is 0 Å². The van der Waals surface area contributed by atoms with Gasteiger partial charge >= 0.3 is 27.3 Å². The van der Waals surface area contributed by atoms with Gasteiger partial charge in [0, 0.05) is 0 Å². The molecule has 1 aliphatic rings. The van der Waals surface area contributed by atoms with E-state index in [1.165, 1.54) is 12.1 Å². The Morgan fingerprint density at radius 1 is 1.23 bits per heavy atom. The molecule has 31 heavy (non-hydrogen) atoms. The number of carbonyl (C=O) groups excluding carboxylic acids is 1. The zero-order valence-electron chi connectivity index (χ0n) is 16.8. The molecule has 0 spiro atoms. The quantitative estimate of drug-likeness (QED) is 0.184. The fourth-order valence-electron chi connectivity index (χ4n) is 3.39. The molecule has 176 valence electrons. The fraction of sp³-hybridized carbons (Fsp3) is 0.632. The molecule has 1 aromatic carbocycles. The van der Waals surface area contributed by atoms with Crippen LogP contribution in [0.1, 0.15) is 56.3 Å². The van der Waals surface area contributed by atoms with Crippen LogP contribution in [-0.2, 0) is 14.9 Å². The normalized spacial score (nSPS) is 17.1. The number of halogens is 5. The Kier molecular flexibility index (Phi) is 7.90. The van der Waals surface area contributed by atoms with Gasteiger partial charge in [0.1, 0.15) is 11.4 Å². The summed E-state index contributed by atoms with van der Waals surface area (Å²) in [6.07, 6.45) is 1.94. The molecule has 0 aromatic heterocycles. The monoisotopic (exact) mass is 582 g/mol. The van der Waals surface area contributed by atoms with Crippen LogP contribution in [0.15, 0.2) is 18.2 Å². The van der Waals surface area contributed by atoms with E-state index in [-0.39, 0.29) is 17.1 Å². The zero-order valence-corrected chi connectivity index (χ0v) is 19.8. The van der Waals surface area contributed by atoms with Crippen LogP contribution >= 0.6 is 22.6 Å². The highest BCUT2D eigenvalue weighted by Crippen LogP contribution is 2.42. The van der Waals surface area contributed by atoms with Crippen molar-refractivity contribution < 1.29 is 44.8 Å². The standard InChI is InChI=1S/C19H23F4IO6S/c1-12(2)17(7-3-4-8-17)30-15-11-13(5-6-14(15)24)16(25)29-10-9-18(20,21)19(22,23)31(26,27)28/h5-6,11-12H,3-4,7-10H2,1-2H3,(H,26,27,28). The van der Waals surface area contributed by atoms with E-state index in [0.29, 0.717) is 5.75 Å². The fourth-order valence-corrected chi connectivity index (χ4v) is 4.31. The van der Waals surface area contributed by atoms with Gasteiger partial charge in [-0.3, -0.25) is 4.55 Å². The van der Waals surface area contributed by atoms with Gasteiger partial charge in [-0.1, -0.05) is 13.8 Å². The van der Waals surface area contributed by atoms with E-state index in [9.17, 15) is 30.8 Å². The molecular weight excluding hydrogens is 559 g/mol. The van der Waals surface area contributed by atoms with Crippen molar-refractivity contribution in [3.05, 3.63) is 27.3 Å². The van der Waals surface area contributed by atoms with E-state index < -0.39 is 40.3 Å². The molecule has 1 saturated carbocycles. The largest absolute Gasteiger partial charge is 0.486 e. The highest BCUT2D eigenvalue weighted by atomic mass is 127. The lowest BCUT2D eigenvalue weighted by atomic mass is 9.88. The van der Waals surface area contributed by atoms with Crippen molar-refractivity contribution in [2.24, 2.45) is 5.92 Å². The van der Waals surface area contributed by atoms with Gasteiger partial charge in [0.2, 0.25) is 0 Å². The summed E-state index contributed by atoms with van der Waals surface area (Å²) in [6, 6.07) is 4.35. The molecule has 1 fully saturated rings. The summed E-state index contributed by atoms with van der Waals surface area (Å²) in [6.45, 7) is 2.90. The number of ether oxygens (including phenoxy) is 2. The lowest BCUT2D eigenvalue weighted by molar-refractivity contribution is -0.168. The second-order valence-corrected chi connectivity index (χ2v) is 10.4. The minimum atomic E-state index is -6.34. The Bertz CT molecular complexity index is 914. The van der Waals surface area contributed by atoms with E-state index in [1.54, 1.807) is 6.07 Å². The summed E-state index contributed by atoms with van der Waals surface area (Å²) in [4.78, 5) is 12.2. The van der Waals surface area contributed by atoms with Crippen molar-refractivity contribution in [3.8, 4) is 5.75 Å². The smallest absolute Gasteiger partial charge is 0.431 e. The van der Waals surface area contributed by atoms with Crippen molar-refractivity contribution in [2.45, 2.75) is 62.7 Å². The van der Waals surface area contributed by atoms with E-state index >= 15 is 0 Å². The first kappa shape index (κ1) is 26.1. The minimum Gasteiger partial charge on any atom is -0.486 e. The summed E-state index contributed by atoms with van der Waals surface area (Å²) < 4.78 is 94.4. The summed E-state index contributed by atoms with van der Waals surface area (Å²) in [5.41, 5.74) is -0.413. The van der Waals surface area contributed by atoms with Crippen LogP contribution in [0.3, 0.4) is 0 Å².